The molecule has 0 aliphatic rings. The van der Waals surface area contributed by atoms with Crippen LogP contribution in [0.15, 0.2) is 54.9 Å². The Morgan fingerprint density at radius 2 is 1.77 bits per heavy atom. The molecule has 0 saturated heterocycles. The standard InChI is InChI=1S/C23H25N5O2/c1-15-12-17(13-20(29-4)22(15)30-5)25-21-10-11-28-23(26-21)19(14-24-28)16-6-8-18(9-7-16)27(2)3/h6-14H,1-5H3,(H,25,26). The van der Waals surface area contributed by atoms with E-state index in [4.69, 9.17) is 14.5 Å². The second kappa shape index (κ2) is 7.94. The SMILES string of the molecule is COc1cc(Nc2ccn3ncc(-c4ccc(N(C)C)cc4)c3n2)cc(C)c1OC. The van der Waals surface area contributed by atoms with Crippen molar-refractivity contribution in [3.63, 3.8) is 0 Å². The molecule has 154 valence electrons. The van der Waals surface area contributed by atoms with Crippen LogP contribution in [0.2, 0.25) is 0 Å². The average molecular weight is 403 g/mol. The number of aromatic nitrogens is 3. The number of hydrogen-bond acceptors (Lipinski definition) is 6. The monoisotopic (exact) mass is 403 g/mol. The Morgan fingerprint density at radius 3 is 2.43 bits per heavy atom. The van der Waals surface area contributed by atoms with E-state index in [0.29, 0.717) is 5.75 Å². The fourth-order valence-corrected chi connectivity index (χ4v) is 3.46. The molecule has 0 bridgehead atoms. The lowest BCUT2D eigenvalue weighted by atomic mass is 10.1. The molecular weight excluding hydrogens is 378 g/mol. The highest BCUT2D eigenvalue weighted by Gasteiger charge is 2.12. The second-order valence-electron chi connectivity index (χ2n) is 7.23. The molecule has 2 aromatic heterocycles. The van der Waals surface area contributed by atoms with Crippen molar-refractivity contribution in [3.8, 4) is 22.6 Å². The van der Waals surface area contributed by atoms with Crippen LogP contribution in [0.1, 0.15) is 5.56 Å². The summed E-state index contributed by atoms with van der Waals surface area (Å²) < 4.78 is 12.7. The number of methoxy groups -OCH3 is 2. The highest BCUT2D eigenvalue weighted by atomic mass is 16.5. The molecule has 4 rings (SSSR count). The van der Waals surface area contributed by atoms with Gasteiger partial charge in [0.05, 0.1) is 20.4 Å². The Hall–Kier alpha value is -3.74. The number of fused-ring (bicyclic) bond motifs is 1. The van der Waals surface area contributed by atoms with Gasteiger partial charge in [0.25, 0.3) is 0 Å². The molecule has 2 heterocycles. The number of rotatable bonds is 6. The van der Waals surface area contributed by atoms with Crippen LogP contribution in [0.4, 0.5) is 17.2 Å². The van der Waals surface area contributed by atoms with E-state index < -0.39 is 0 Å². The summed E-state index contributed by atoms with van der Waals surface area (Å²) in [7, 11) is 7.32. The van der Waals surface area contributed by atoms with Gasteiger partial charge in [-0.25, -0.2) is 9.50 Å². The van der Waals surface area contributed by atoms with Crippen LogP contribution in [0.5, 0.6) is 11.5 Å². The van der Waals surface area contributed by atoms with Crippen molar-refractivity contribution in [2.24, 2.45) is 0 Å². The first kappa shape index (κ1) is 19.6. The summed E-state index contributed by atoms with van der Waals surface area (Å²) in [5, 5.41) is 7.81. The van der Waals surface area contributed by atoms with E-state index in [1.165, 1.54) is 0 Å². The van der Waals surface area contributed by atoms with E-state index in [1.807, 2.05) is 51.6 Å². The zero-order valence-corrected chi connectivity index (χ0v) is 17.8. The van der Waals surface area contributed by atoms with Crippen LogP contribution in [0, 0.1) is 6.92 Å². The Kier molecular flexibility index (Phi) is 5.18. The molecule has 0 radical (unpaired) electrons. The number of aryl methyl sites for hydroxylation is 1. The molecule has 0 spiro atoms. The molecule has 30 heavy (non-hydrogen) atoms. The Labute approximate surface area is 175 Å². The van der Waals surface area contributed by atoms with Crippen molar-refractivity contribution >= 4 is 22.8 Å². The van der Waals surface area contributed by atoms with Crippen molar-refractivity contribution in [1.82, 2.24) is 14.6 Å². The number of nitrogens with zero attached hydrogens (tertiary/aromatic N) is 4. The van der Waals surface area contributed by atoms with Gasteiger partial charge in [0, 0.05) is 43.3 Å². The fraction of sp³-hybridized carbons (Fsp3) is 0.217. The van der Waals surface area contributed by atoms with Gasteiger partial charge in [-0.3, -0.25) is 0 Å². The largest absolute Gasteiger partial charge is 0.493 e. The molecule has 0 amide bonds. The molecule has 0 fully saturated rings. The van der Waals surface area contributed by atoms with E-state index in [2.05, 4.69) is 39.6 Å². The molecule has 0 aliphatic heterocycles. The van der Waals surface area contributed by atoms with Gasteiger partial charge in [0.2, 0.25) is 0 Å². The third-order valence-electron chi connectivity index (χ3n) is 5.00. The van der Waals surface area contributed by atoms with Crippen LogP contribution in [-0.2, 0) is 0 Å². The maximum Gasteiger partial charge on any atom is 0.165 e. The minimum Gasteiger partial charge on any atom is -0.493 e. The molecule has 0 atom stereocenters. The quantitative estimate of drug-likeness (QED) is 0.510. The molecule has 0 saturated carbocycles. The average Bonchev–Trinajstić information content (AvgIpc) is 3.16. The van der Waals surface area contributed by atoms with Crippen LogP contribution in [-0.4, -0.2) is 42.9 Å². The summed E-state index contributed by atoms with van der Waals surface area (Å²) in [5.74, 6) is 2.12. The van der Waals surface area contributed by atoms with Gasteiger partial charge in [0.15, 0.2) is 17.1 Å². The second-order valence-corrected chi connectivity index (χ2v) is 7.23. The third-order valence-corrected chi connectivity index (χ3v) is 5.00. The zero-order chi connectivity index (χ0) is 21.3. The third kappa shape index (κ3) is 3.61. The van der Waals surface area contributed by atoms with Gasteiger partial charge >= 0.3 is 0 Å². The van der Waals surface area contributed by atoms with Gasteiger partial charge in [0.1, 0.15) is 5.82 Å². The summed E-state index contributed by atoms with van der Waals surface area (Å²) in [6, 6.07) is 14.2. The van der Waals surface area contributed by atoms with Gasteiger partial charge < -0.3 is 19.7 Å². The smallest absolute Gasteiger partial charge is 0.165 e. The molecule has 0 aliphatic carbocycles. The van der Waals surface area contributed by atoms with E-state index in [0.717, 1.165) is 45.3 Å². The number of benzene rings is 2. The fourth-order valence-electron chi connectivity index (χ4n) is 3.46. The first-order chi connectivity index (χ1) is 14.5. The predicted molar refractivity (Wildman–Crippen MR) is 120 cm³/mol. The first-order valence-corrected chi connectivity index (χ1v) is 9.62. The van der Waals surface area contributed by atoms with Crippen molar-refractivity contribution in [2.45, 2.75) is 6.92 Å². The minimum absolute atomic E-state index is 0.673. The van der Waals surface area contributed by atoms with Gasteiger partial charge in [-0.2, -0.15) is 5.10 Å². The minimum atomic E-state index is 0.673. The summed E-state index contributed by atoms with van der Waals surface area (Å²) >= 11 is 0. The van der Waals surface area contributed by atoms with Gasteiger partial charge in [-0.1, -0.05) is 12.1 Å². The van der Waals surface area contributed by atoms with Crippen molar-refractivity contribution in [1.29, 1.82) is 0 Å². The lowest BCUT2D eigenvalue weighted by Crippen LogP contribution is -2.07. The molecule has 4 aromatic rings. The Balaban J connectivity index is 1.69. The maximum atomic E-state index is 5.45. The molecule has 2 aromatic carbocycles. The molecule has 7 nitrogen and oxygen atoms in total. The predicted octanol–water partition coefficient (Wildman–Crippen LogP) is 4.53. The van der Waals surface area contributed by atoms with E-state index in [-0.39, 0.29) is 0 Å². The summed E-state index contributed by atoms with van der Waals surface area (Å²) in [6.45, 7) is 1.98. The van der Waals surface area contributed by atoms with E-state index >= 15 is 0 Å². The molecule has 1 N–H and O–H groups in total. The molecular formula is C23H25N5O2. The Bertz CT molecular complexity index is 1180. The van der Waals surface area contributed by atoms with Crippen molar-refractivity contribution in [3.05, 3.63) is 60.4 Å². The normalized spacial score (nSPS) is 10.8. The van der Waals surface area contributed by atoms with E-state index in [9.17, 15) is 0 Å². The number of anilines is 3. The highest BCUT2D eigenvalue weighted by molar-refractivity contribution is 5.79. The van der Waals surface area contributed by atoms with Gasteiger partial charge in [-0.05, 0) is 42.3 Å². The van der Waals surface area contributed by atoms with E-state index in [1.54, 1.807) is 18.7 Å². The number of nitrogens with one attached hydrogen (secondary N) is 1. The topological polar surface area (TPSA) is 63.9 Å². The zero-order valence-electron chi connectivity index (χ0n) is 17.8. The van der Waals surface area contributed by atoms with Crippen LogP contribution >= 0.6 is 0 Å². The maximum absolute atomic E-state index is 5.45. The molecule has 7 heteroatoms. The first-order valence-electron chi connectivity index (χ1n) is 9.62. The number of hydrogen-bond donors (Lipinski definition) is 1. The lowest BCUT2D eigenvalue weighted by molar-refractivity contribution is 0.353. The molecule has 0 unspecified atom stereocenters. The van der Waals surface area contributed by atoms with Crippen LogP contribution in [0.25, 0.3) is 16.8 Å². The van der Waals surface area contributed by atoms with Crippen molar-refractivity contribution < 1.29 is 9.47 Å². The lowest BCUT2D eigenvalue weighted by Gasteiger charge is -2.14. The summed E-state index contributed by atoms with van der Waals surface area (Å²) in [5.41, 5.74) is 5.84. The number of ether oxygens (including phenoxy) is 2. The van der Waals surface area contributed by atoms with Crippen LogP contribution < -0.4 is 19.7 Å². The van der Waals surface area contributed by atoms with Gasteiger partial charge in [-0.15, -0.1) is 0 Å². The van der Waals surface area contributed by atoms with Crippen LogP contribution in [0.3, 0.4) is 0 Å². The highest BCUT2D eigenvalue weighted by Crippen LogP contribution is 2.35. The summed E-state index contributed by atoms with van der Waals surface area (Å²) in [6.07, 6.45) is 3.74. The Morgan fingerprint density at radius 1 is 1.00 bits per heavy atom. The summed E-state index contributed by atoms with van der Waals surface area (Å²) in [4.78, 5) is 6.87. The van der Waals surface area contributed by atoms with Crippen molar-refractivity contribution in [2.75, 3.05) is 38.5 Å².